The second kappa shape index (κ2) is 6.67. The van der Waals surface area contributed by atoms with Crippen molar-refractivity contribution >= 4 is 29.2 Å². The van der Waals surface area contributed by atoms with Gasteiger partial charge < -0.3 is 5.73 Å². The summed E-state index contributed by atoms with van der Waals surface area (Å²) < 4.78 is 0. The van der Waals surface area contributed by atoms with E-state index in [1.165, 1.54) is 11.8 Å². The highest BCUT2D eigenvalue weighted by Gasteiger charge is 2.36. The van der Waals surface area contributed by atoms with Gasteiger partial charge in [0, 0.05) is 10.9 Å². The molecule has 0 aliphatic carbocycles. The Morgan fingerprint density at radius 2 is 2.10 bits per heavy atom. The molecule has 1 aliphatic heterocycles. The molecule has 2 rings (SSSR count). The van der Waals surface area contributed by atoms with Crippen molar-refractivity contribution in [3.05, 3.63) is 45.5 Å². The number of benzene rings is 1. The molecule has 0 saturated heterocycles. The number of nitriles is 2. The third kappa shape index (κ3) is 2.90. The maximum absolute atomic E-state index is 9.53. The molecule has 0 spiro atoms. The highest BCUT2D eigenvalue weighted by Crippen LogP contribution is 2.42. The molecule has 1 unspecified atom stereocenters. The van der Waals surface area contributed by atoms with Gasteiger partial charge in [-0.3, -0.25) is 0 Å². The monoisotopic (exact) mass is 316 g/mol. The molecule has 0 saturated carbocycles. The van der Waals surface area contributed by atoms with Crippen molar-refractivity contribution in [1.29, 1.82) is 10.5 Å². The minimum absolute atomic E-state index is 0.234. The zero-order chi connectivity index (χ0) is 15.4. The number of allylic oxidation sites excluding steroid dienone is 1. The van der Waals surface area contributed by atoms with E-state index in [-0.39, 0.29) is 5.84 Å². The number of rotatable bonds is 3. The maximum atomic E-state index is 9.53. The Morgan fingerprint density at radius 1 is 1.38 bits per heavy atom. The van der Waals surface area contributed by atoms with Crippen molar-refractivity contribution in [3.63, 3.8) is 0 Å². The molecule has 0 radical (unpaired) electrons. The molecule has 4 nitrogen and oxygen atoms in total. The van der Waals surface area contributed by atoms with E-state index in [1.807, 2.05) is 25.1 Å². The van der Waals surface area contributed by atoms with Crippen LogP contribution in [0.2, 0.25) is 5.02 Å². The number of aliphatic imine (C=N–C) groups is 1. The van der Waals surface area contributed by atoms with Gasteiger partial charge in [0.05, 0.1) is 17.7 Å². The number of halogens is 1. The molecule has 1 aromatic carbocycles. The molecule has 0 bridgehead atoms. The third-order valence-electron chi connectivity index (χ3n) is 3.20. The molecule has 0 fully saturated rings. The maximum Gasteiger partial charge on any atom is 0.119 e. The van der Waals surface area contributed by atoms with Gasteiger partial charge in [0.15, 0.2) is 0 Å². The first-order chi connectivity index (χ1) is 10.1. The molecule has 6 heteroatoms. The van der Waals surface area contributed by atoms with Crippen LogP contribution in [0.25, 0.3) is 0 Å². The Morgan fingerprint density at radius 3 is 2.67 bits per heavy atom. The molecule has 2 N–H and O–H groups in total. The molecule has 1 heterocycles. The molecule has 106 valence electrons. The SMILES string of the molecule is CCSC1=C(C#N)[C@@H](c2ccccc2Cl)C(C#N)C(N)=N1. The van der Waals surface area contributed by atoms with Gasteiger partial charge >= 0.3 is 0 Å². The summed E-state index contributed by atoms with van der Waals surface area (Å²) in [6, 6.07) is 11.5. The minimum atomic E-state index is -0.680. The zero-order valence-corrected chi connectivity index (χ0v) is 12.9. The Kier molecular flexibility index (Phi) is 4.90. The van der Waals surface area contributed by atoms with Gasteiger partial charge in [-0.25, -0.2) is 4.99 Å². The van der Waals surface area contributed by atoms with Crippen molar-refractivity contribution < 1.29 is 0 Å². The van der Waals surface area contributed by atoms with Crippen LogP contribution in [0.5, 0.6) is 0 Å². The summed E-state index contributed by atoms with van der Waals surface area (Å²) >= 11 is 7.69. The quantitative estimate of drug-likeness (QED) is 0.925. The van der Waals surface area contributed by atoms with Crippen LogP contribution in [0, 0.1) is 28.6 Å². The number of hydrogen-bond donors (Lipinski definition) is 1. The Labute approximate surface area is 132 Å². The average Bonchev–Trinajstić information content (AvgIpc) is 2.47. The van der Waals surface area contributed by atoms with Crippen molar-refractivity contribution in [2.24, 2.45) is 16.6 Å². The van der Waals surface area contributed by atoms with Crippen LogP contribution < -0.4 is 5.73 Å². The van der Waals surface area contributed by atoms with Crippen LogP contribution in [0.4, 0.5) is 0 Å². The van der Waals surface area contributed by atoms with Gasteiger partial charge in [0.1, 0.15) is 16.8 Å². The number of nitrogens with zero attached hydrogens (tertiary/aromatic N) is 3. The van der Waals surface area contributed by atoms with E-state index in [9.17, 15) is 10.5 Å². The van der Waals surface area contributed by atoms with E-state index in [1.54, 1.807) is 6.07 Å². The number of nitrogens with two attached hydrogens (primary N) is 1. The van der Waals surface area contributed by atoms with Crippen LogP contribution >= 0.6 is 23.4 Å². The van der Waals surface area contributed by atoms with Gasteiger partial charge in [-0.1, -0.05) is 36.7 Å². The molecular weight excluding hydrogens is 304 g/mol. The molecule has 0 aromatic heterocycles. The fourth-order valence-corrected chi connectivity index (χ4v) is 3.31. The molecular formula is C15H13ClN4S. The van der Waals surface area contributed by atoms with Gasteiger partial charge in [0.25, 0.3) is 0 Å². The fraction of sp³-hybridized carbons (Fsp3) is 0.267. The molecule has 2 atom stereocenters. The van der Waals surface area contributed by atoms with Crippen molar-refractivity contribution in [2.75, 3.05) is 5.75 Å². The minimum Gasteiger partial charge on any atom is -0.386 e. The van der Waals surface area contributed by atoms with Gasteiger partial charge in [0.2, 0.25) is 0 Å². The molecule has 21 heavy (non-hydrogen) atoms. The van der Waals surface area contributed by atoms with Crippen molar-refractivity contribution in [3.8, 4) is 12.1 Å². The average molecular weight is 317 g/mol. The number of amidine groups is 1. The van der Waals surface area contributed by atoms with Crippen LogP contribution in [0.3, 0.4) is 0 Å². The summed E-state index contributed by atoms with van der Waals surface area (Å²) in [6.45, 7) is 1.97. The largest absolute Gasteiger partial charge is 0.386 e. The van der Waals surface area contributed by atoms with Gasteiger partial charge in [-0.15, -0.1) is 11.8 Å². The summed E-state index contributed by atoms with van der Waals surface area (Å²) in [4.78, 5) is 4.23. The molecule has 0 amide bonds. The predicted molar refractivity (Wildman–Crippen MR) is 85.7 cm³/mol. The van der Waals surface area contributed by atoms with Crippen LogP contribution in [0.1, 0.15) is 18.4 Å². The Hall–Kier alpha value is -1.95. The first-order valence-corrected chi connectivity index (χ1v) is 7.75. The predicted octanol–water partition coefficient (Wildman–Crippen LogP) is 3.42. The van der Waals surface area contributed by atoms with Gasteiger partial charge in [-0.05, 0) is 17.4 Å². The van der Waals surface area contributed by atoms with Crippen LogP contribution in [-0.4, -0.2) is 11.6 Å². The van der Waals surface area contributed by atoms with Gasteiger partial charge in [-0.2, -0.15) is 10.5 Å². The van der Waals surface area contributed by atoms with E-state index in [0.29, 0.717) is 15.6 Å². The first-order valence-electron chi connectivity index (χ1n) is 6.39. The van der Waals surface area contributed by atoms with E-state index in [2.05, 4.69) is 17.1 Å². The topological polar surface area (TPSA) is 86.0 Å². The normalized spacial score (nSPS) is 21.4. The first kappa shape index (κ1) is 15.4. The highest BCUT2D eigenvalue weighted by molar-refractivity contribution is 8.03. The van der Waals surface area contributed by atoms with E-state index in [0.717, 1.165) is 11.3 Å². The lowest BCUT2D eigenvalue weighted by molar-refractivity contribution is 0.709. The van der Waals surface area contributed by atoms with E-state index < -0.39 is 11.8 Å². The Balaban J connectivity index is 2.65. The second-order valence-electron chi connectivity index (χ2n) is 4.41. The summed E-state index contributed by atoms with van der Waals surface area (Å²) in [5, 5.41) is 20.0. The lowest BCUT2D eigenvalue weighted by atomic mass is 9.80. The highest BCUT2D eigenvalue weighted by atomic mass is 35.5. The third-order valence-corrected chi connectivity index (χ3v) is 4.42. The summed E-state index contributed by atoms with van der Waals surface area (Å²) in [5.41, 5.74) is 7.12. The van der Waals surface area contributed by atoms with E-state index >= 15 is 0 Å². The van der Waals surface area contributed by atoms with Crippen LogP contribution in [0.15, 0.2) is 39.9 Å². The fourth-order valence-electron chi connectivity index (χ4n) is 2.28. The second-order valence-corrected chi connectivity index (χ2v) is 6.07. The molecule has 1 aromatic rings. The molecule has 1 aliphatic rings. The van der Waals surface area contributed by atoms with E-state index in [4.69, 9.17) is 17.3 Å². The summed E-state index contributed by atoms with van der Waals surface area (Å²) in [6.07, 6.45) is 0. The summed E-state index contributed by atoms with van der Waals surface area (Å²) in [5.74, 6) is -0.151. The number of thioether (sulfide) groups is 1. The van der Waals surface area contributed by atoms with Crippen molar-refractivity contribution in [1.82, 2.24) is 0 Å². The standard InChI is InChI=1S/C15H13ClN4S/c1-2-21-15-11(8-18)13(10(7-17)14(19)20-15)9-5-3-4-6-12(9)16/h3-6,10,13H,2H2,1H3,(H2,19,20)/t10?,13-/m0/s1. The van der Waals surface area contributed by atoms with Crippen molar-refractivity contribution in [2.45, 2.75) is 12.8 Å². The number of hydrogen-bond acceptors (Lipinski definition) is 5. The van der Waals surface area contributed by atoms with Crippen LogP contribution in [-0.2, 0) is 0 Å². The zero-order valence-electron chi connectivity index (χ0n) is 11.4. The Bertz CT molecular complexity index is 696. The lowest BCUT2D eigenvalue weighted by Crippen LogP contribution is -2.32. The lowest BCUT2D eigenvalue weighted by Gasteiger charge is -2.27. The summed E-state index contributed by atoms with van der Waals surface area (Å²) in [7, 11) is 0. The smallest absolute Gasteiger partial charge is 0.119 e.